The minimum atomic E-state index is -4.78. The Balaban J connectivity index is 1.49. The van der Waals surface area contributed by atoms with Crippen LogP contribution in [0.25, 0.3) is 16.9 Å². The molecule has 0 aliphatic carbocycles. The fourth-order valence-corrected chi connectivity index (χ4v) is 3.97. The number of anilines is 1. The second-order valence-corrected chi connectivity index (χ2v) is 8.52. The van der Waals surface area contributed by atoms with E-state index in [1.807, 2.05) is 0 Å². The van der Waals surface area contributed by atoms with Crippen LogP contribution in [0.3, 0.4) is 0 Å². The highest BCUT2D eigenvalue weighted by atomic mass is 35.5. The lowest BCUT2D eigenvalue weighted by Gasteiger charge is -2.12. The third kappa shape index (κ3) is 4.90. The number of nitrogens with one attached hydrogen (secondary N) is 1. The van der Waals surface area contributed by atoms with Gasteiger partial charge in [0.1, 0.15) is 22.2 Å². The van der Waals surface area contributed by atoms with Gasteiger partial charge < -0.3 is 10.1 Å². The fraction of sp³-hybridized carbons (Fsp3) is 0.120. The standard InChI is InChI=1S/C25H17ClF4N6O2/c1-38-16-8-6-14(7-9-16)20-10-21(25(28,29)30)36-23(32-20)17(11-31-36)24(37)33-22-18(26)13-35(34-22)12-15-4-2-3-5-19(15)27/h2-11,13H,12H2,1H3,(H,33,34,37). The molecule has 5 aromatic rings. The summed E-state index contributed by atoms with van der Waals surface area (Å²) >= 11 is 6.20. The maximum Gasteiger partial charge on any atom is 0.433 e. The maximum absolute atomic E-state index is 14.0. The summed E-state index contributed by atoms with van der Waals surface area (Å²) in [5, 5.41) is 10.4. The van der Waals surface area contributed by atoms with Crippen LogP contribution in [-0.4, -0.2) is 37.4 Å². The number of alkyl halides is 3. The normalized spacial score (nSPS) is 11.6. The number of rotatable bonds is 6. The van der Waals surface area contributed by atoms with Crippen molar-refractivity contribution in [2.75, 3.05) is 12.4 Å². The molecule has 0 saturated heterocycles. The van der Waals surface area contributed by atoms with Crippen molar-refractivity contribution in [3.05, 3.63) is 94.7 Å². The Bertz CT molecular complexity index is 1650. The molecule has 8 nitrogen and oxygen atoms in total. The summed E-state index contributed by atoms with van der Waals surface area (Å²) in [6.45, 7) is 0.0424. The van der Waals surface area contributed by atoms with Crippen LogP contribution in [0, 0.1) is 5.82 Å². The molecule has 0 atom stereocenters. The van der Waals surface area contributed by atoms with Crippen molar-refractivity contribution in [3.8, 4) is 17.0 Å². The Morgan fingerprint density at radius 1 is 1.13 bits per heavy atom. The van der Waals surface area contributed by atoms with Crippen LogP contribution in [-0.2, 0) is 12.7 Å². The lowest BCUT2D eigenvalue weighted by Crippen LogP contribution is -2.16. The number of fused-ring (bicyclic) bond motifs is 1. The Morgan fingerprint density at radius 3 is 2.55 bits per heavy atom. The van der Waals surface area contributed by atoms with Crippen LogP contribution < -0.4 is 10.1 Å². The van der Waals surface area contributed by atoms with Gasteiger partial charge in [0.15, 0.2) is 17.2 Å². The summed E-state index contributed by atoms with van der Waals surface area (Å²) in [7, 11) is 1.47. The van der Waals surface area contributed by atoms with E-state index in [0.29, 0.717) is 21.4 Å². The SMILES string of the molecule is COc1ccc(-c2cc(C(F)(F)F)n3ncc(C(=O)Nc4nn(Cc5ccccc5F)cc4Cl)c3n2)cc1. The van der Waals surface area contributed by atoms with E-state index < -0.39 is 23.6 Å². The van der Waals surface area contributed by atoms with E-state index in [1.54, 1.807) is 42.5 Å². The minimum Gasteiger partial charge on any atom is -0.497 e. The second kappa shape index (κ2) is 9.78. The van der Waals surface area contributed by atoms with Crippen molar-refractivity contribution in [2.24, 2.45) is 0 Å². The molecule has 1 N–H and O–H groups in total. The molecular weight excluding hydrogens is 528 g/mol. The first-order valence-electron chi connectivity index (χ1n) is 11.0. The average Bonchev–Trinajstić information content (AvgIpc) is 3.47. The van der Waals surface area contributed by atoms with Crippen LogP contribution in [0.1, 0.15) is 21.6 Å². The molecule has 0 aliphatic heterocycles. The minimum absolute atomic E-state index is 0.0192. The summed E-state index contributed by atoms with van der Waals surface area (Å²) in [6, 6.07) is 13.2. The predicted octanol–water partition coefficient (Wildman–Crippen LogP) is 5.71. The van der Waals surface area contributed by atoms with Gasteiger partial charge in [-0.15, -0.1) is 0 Å². The Kier molecular flexibility index (Phi) is 6.49. The van der Waals surface area contributed by atoms with Gasteiger partial charge in [0.25, 0.3) is 5.91 Å². The number of aromatic nitrogens is 5. The van der Waals surface area contributed by atoms with E-state index in [2.05, 4.69) is 20.5 Å². The van der Waals surface area contributed by atoms with Crippen LogP contribution in [0.4, 0.5) is 23.4 Å². The molecule has 0 saturated carbocycles. The highest BCUT2D eigenvalue weighted by Crippen LogP contribution is 2.33. The zero-order chi connectivity index (χ0) is 27.0. The van der Waals surface area contributed by atoms with Crippen LogP contribution in [0.15, 0.2) is 67.0 Å². The molecule has 13 heteroatoms. The zero-order valence-electron chi connectivity index (χ0n) is 19.5. The predicted molar refractivity (Wildman–Crippen MR) is 131 cm³/mol. The van der Waals surface area contributed by atoms with Crippen molar-refractivity contribution in [2.45, 2.75) is 12.7 Å². The van der Waals surface area contributed by atoms with Crippen LogP contribution in [0.2, 0.25) is 5.02 Å². The van der Waals surface area contributed by atoms with Gasteiger partial charge in [0, 0.05) is 17.3 Å². The molecule has 194 valence electrons. The first-order valence-corrected chi connectivity index (χ1v) is 11.4. The fourth-order valence-electron chi connectivity index (χ4n) is 3.77. The number of hydrogen-bond donors (Lipinski definition) is 1. The summed E-state index contributed by atoms with van der Waals surface area (Å²) in [4.78, 5) is 17.4. The van der Waals surface area contributed by atoms with Gasteiger partial charge in [0.05, 0.1) is 25.5 Å². The molecule has 3 heterocycles. The average molecular weight is 545 g/mol. The zero-order valence-corrected chi connectivity index (χ0v) is 20.3. The molecular formula is C25H17ClF4N6O2. The van der Waals surface area contributed by atoms with E-state index in [-0.39, 0.29) is 34.3 Å². The lowest BCUT2D eigenvalue weighted by atomic mass is 10.1. The molecule has 2 aromatic carbocycles. The number of carbonyl (C=O) groups excluding carboxylic acids is 1. The molecule has 1 amide bonds. The molecule has 3 aromatic heterocycles. The van der Waals surface area contributed by atoms with E-state index in [0.717, 1.165) is 12.3 Å². The van der Waals surface area contributed by atoms with Gasteiger partial charge in [-0.2, -0.15) is 23.4 Å². The van der Waals surface area contributed by atoms with Crippen LogP contribution in [0.5, 0.6) is 5.75 Å². The van der Waals surface area contributed by atoms with Crippen molar-refractivity contribution < 1.29 is 27.1 Å². The van der Waals surface area contributed by atoms with Gasteiger partial charge in [-0.1, -0.05) is 29.8 Å². The molecule has 5 rings (SSSR count). The number of halogens is 5. The van der Waals surface area contributed by atoms with E-state index in [9.17, 15) is 22.4 Å². The summed E-state index contributed by atoms with van der Waals surface area (Å²) in [6.07, 6.45) is -2.41. The third-order valence-electron chi connectivity index (χ3n) is 5.63. The molecule has 0 bridgehead atoms. The van der Waals surface area contributed by atoms with Gasteiger partial charge in [-0.25, -0.2) is 13.9 Å². The summed E-state index contributed by atoms with van der Waals surface area (Å²) < 4.78 is 62.6. The smallest absolute Gasteiger partial charge is 0.433 e. The molecule has 0 fully saturated rings. The summed E-state index contributed by atoms with van der Waals surface area (Å²) in [5.74, 6) is -0.808. The number of methoxy groups -OCH3 is 1. The summed E-state index contributed by atoms with van der Waals surface area (Å²) in [5.41, 5.74) is -0.951. The Morgan fingerprint density at radius 2 is 1.87 bits per heavy atom. The number of ether oxygens (including phenoxy) is 1. The topological polar surface area (TPSA) is 86.3 Å². The molecule has 0 radical (unpaired) electrons. The van der Waals surface area contributed by atoms with Gasteiger partial charge in [-0.3, -0.25) is 9.48 Å². The van der Waals surface area contributed by atoms with Crippen LogP contribution >= 0.6 is 11.6 Å². The van der Waals surface area contributed by atoms with Gasteiger partial charge in [-0.05, 0) is 36.4 Å². The molecule has 0 spiro atoms. The quantitative estimate of drug-likeness (QED) is 0.277. The first-order chi connectivity index (χ1) is 18.1. The molecule has 0 aliphatic rings. The van der Waals surface area contributed by atoms with Crippen molar-refractivity contribution in [1.82, 2.24) is 24.4 Å². The van der Waals surface area contributed by atoms with Crippen molar-refractivity contribution in [3.63, 3.8) is 0 Å². The van der Waals surface area contributed by atoms with Crippen molar-refractivity contribution in [1.29, 1.82) is 0 Å². The van der Waals surface area contributed by atoms with Gasteiger partial charge >= 0.3 is 6.18 Å². The second-order valence-electron chi connectivity index (χ2n) is 8.12. The highest BCUT2D eigenvalue weighted by molar-refractivity contribution is 6.33. The monoisotopic (exact) mass is 544 g/mol. The number of hydrogen-bond acceptors (Lipinski definition) is 5. The first kappa shape index (κ1) is 25.2. The Hall–Kier alpha value is -4.45. The number of carbonyl (C=O) groups is 1. The number of benzene rings is 2. The van der Waals surface area contributed by atoms with E-state index in [1.165, 1.54) is 24.1 Å². The highest BCUT2D eigenvalue weighted by Gasteiger charge is 2.36. The largest absolute Gasteiger partial charge is 0.497 e. The number of nitrogens with zero attached hydrogens (tertiary/aromatic N) is 5. The third-order valence-corrected chi connectivity index (χ3v) is 5.91. The van der Waals surface area contributed by atoms with E-state index in [4.69, 9.17) is 16.3 Å². The number of amides is 1. The van der Waals surface area contributed by atoms with Crippen molar-refractivity contribution >= 4 is 29.0 Å². The lowest BCUT2D eigenvalue weighted by molar-refractivity contribution is -0.142. The maximum atomic E-state index is 14.0. The molecule has 38 heavy (non-hydrogen) atoms. The van der Waals surface area contributed by atoms with Gasteiger partial charge in [0.2, 0.25) is 0 Å². The molecule has 0 unspecified atom stereocenters. The Labute approximate surface area is 217 Å². The van der Waals surface area contributed by atoms with E-state index >= 15 is 0 Å².